The summed E-state index contributed by atoms with van der Waals surface area (Å²) in [6.45, 7) is -0.486. The first-order valence-corrected chi connectivity index (χ1v) is 10.5. The van der Waals surface area contributed by atoms with Gasteiger partial charge in [0.05, 0.1) is 25.9 Å². The van der Waals surface area contributed by atoms with Crippen LogP contribution in [-0.2, 0) is 4.79 Å². The van der Waals surface area contributed by atoms with E-state index in [-0.39, 0.29) is 23.3 Å². The third-order valence-corrected chi connectivity index (χ3v) is 5.91. The van der Waals surface area contributed by atoms with Crippen LogP contribution in [0.5, 0.6) is 5.88 Å². The number of aromatic nitrogens is 2. The lowest BCUT2D eigenvalue weighted by molar-refractivity contribution is -0.123. The number of nitrogens with one attached hydrogen (secondary N) is 2. The van der Waals surface area contributed by atoms with Crippen LogP contribution < -0.4 is 20.3 Å². The molecule has 3 fully saturated rings. The molecular formula is C20H27F2N5O3. The molecule has 3 aliphatic rings. The molecule has 2 aliphatic carbocycles. The Kier molecular flexibility index (Phi) is 5.75. The van der Waals surface area contributed by atoms with Crippen LogP contribution in [0.3, 0.4) is 0 Å². The zero-order valence-electron chi connectivity index (χ0n) is 17.0. The Labute approximate surface area is 173 Å². The van der Waals surface area contributed by atoms with Crippen molar-refractivity contribution in [3.63, 3.8) is 0 Å². The molecule has 8 nitrogen and oxygen atoms in total. The number of likely N-dealkylation sites (N-methyl/N-ethyl adjacent to an activating group) is 1. The second kappa shape index (κ2) is 8.31. The Morgan fingerprint density at radius 2 is 2.00 bits per heavy atom. The van der Waals surface area contributed by atoms with Crippen LogP contribution in [0, 0.1) is 11.8 Å². The zero-order chi connectivity index (χ0) is 21.3. The van der Waals surface area contributed by atoms with Crippen molar-refractivity contribution in [1.29, 1.82) is 0 Å². The van der Waals surface area contributed by atoms with Gasteiger partial charge in [0.25, 0.3) is 17.7 Å². The van der Waals surface area contributed by atoms with Crippen molar-refractivity contribution in [1.82, 2.24) is 20.6 Å². The van der Waals surface area contributed by atoms with Crippen LogP contribution in [0.2, 0.25) is 0 Å². The summed E-state index contributed by atoms with van der Waals surface area (Å²) in [4.78, 5) is 34.8. The van der Waals surface area contributed by atoms with E-state index in [0.717, 1.165) is 32.1 Å². The number of carbonyl (C=O) groups is 2. The molecule has 2 N–H and O–H groups in total. The lowest BCUT2D eigenvalue weighted by Crippen LogP contribution is -2.56. The van der Waals surface area contributed by atoms with Crippen molar-refractivity contribution in [3.8, 4) is 5.88 Å². The maximum atomic E-state index is 13.3. The van der Waals surface area contributed by atoms with E-state index in [9.17, 15) is 18.4 Å². The number of nitrogens with zero attached hydrogens (tertiary/aromatic N) is 3. The van der Waals surface area contributed by atoms with Gasteiger partial charge in [0.1, 0.15) is 6.04 Å². The Balaban J connectivity index is 1.47. The monoisotopic (exact) mass is 423 g/mol. The number of ether oxygens (including phenoxy) is 1. The third kappa shape index (κ3) is 4.79. The van der Waals surface area contributed by atoms with Crippen LogP contribution in [0.25, 0.3) is 0 Å². The van der Waals surface area contributed by atoms with Crippen molar-refractivity contribution in [2.45, 2.75) is 50.5 Å². The fourth-order valence-electron chi connectivity index (χ4n) is 3.63. The molecule has 30 heavy (non-hydrogen) atoms. The van der Waals surface area contributed by atoms with Gasteiger partial charge in [-0.1, -0.05) is 19.3 Å². The minimum atomic E-state index is -2.76. The quantitative estimate of drug-likeness (QED) is 0.628. The SMILES string of the molecule is CNC(=O)C(CC1CCC1)NC(=O)c1cnc(N2CC(F)(F)C2)c(OCC2CC2)n1. The van der Waals surface area contributed by atoms with Crippen LogP contribution >= 0.6 is 0 Å². The summed E-state index contributed by atoms with van der Waals surface area (Å²) in [5.74, 6) is -2.40. The van der Waals surface area contributed by atoms with Gasteiger partial charge in [0.15, 0.2) is 11.5 Å². The standard InChI is InChI=1S/C20H27F2N5O3/c1-23-17(28)14(7-12-3-2-4-12)25-18(29)15-8-24-16(27-10-20(21,22)11-27)19(26-15)30-9-13-5-6-13/h8,12-14H,2-7,9-11H2,1H3,(H,23,28)(H,25,29). The predicted molar refractivity (Wildman–Crippen MR) is 105 cm³/mol. The Morgan fingerprint density at radius 3 is 2.57 bits per heavy atom. The molecule has 2 amide bonds. The van der Waals surface area contributed by atoms with Gasteiger partial charge >= 0.3 is 0 Å². The maximum Gasteiger partial charge on any atom is 0.282 e. The molecule has 164 valence electrons. The van der Waals surface area contributed by atoms with Gasteiger partial charge in [-0.3, -0.25) is 9.59 Å². The molecule has 1 aromatic heterocycles. The molecule has 1 aliphatic heterocycles. The number of halogens is 2. The molecule has 1 aromatic rings. The number of carbonyl (C=O) groups excluding carboxylic acids is 2. The molecule has 0 bridgehead atoms. The molecule has 1 atom stereocenters. The summed E-state index contributed by atoms with van der Waals surface area (Å²) < 4.78 is 32.3. The van der Waals surface area contributed by atoms with E-state index in [2.05, 4.69) is 20.6 Å². The smallest absolute Gasteiger partial charge is 0.282 e. The first-order valence-electron chi connectivity index (χ1n) is 10.5. The van der Waals surface area contributed by atoms with E-state index in [1.54, 1.807) is 0 Å². The molecule has 10 heteroatoms. The highest BCUT2D eigenvalue weighted by atomic mass is 19.3. The van der Waals surface area contributed by atoms with Gasteiger partial charge in [-0.25, -0.2) is 18.7 Å². The molecule has 2 heterocycles. The van der Waals surface area contributed by atoms with Crippen molar-refractivity contribution in [2.24, 2.45) is 11.8 Å². The molecule has 0 radical (unpaired) electrons. The highest BCUT2D eigenvalue weighted by Crippen LogP contribution is 2.36. The predicted octanol–water partition coefficient (Wildman–Crippen LogP) is 1.76. The van der Waals surface area contributed by atoms with Gasteiger partial charge < -0.3 is 20.3 Å². The lowest BCUT2D eigenvalue weighted by atomic mass is 9.80. The lowest BCUT2D eigenvalue weighted by Gasteiger charge is -2.39. The molecule has 4 rings (SSSR count). The van der Waals surface area contributed by atoms with E-state index < -0.39 is 31.0 Å². The van der Waals surface area contributed by atoms with Crippen molar-refractivity contribution in [2.75, 3.05) is 31.6 Å². The Morgan fingerprint density at radius 1 is 1.27 bits per heavy atom. The summed E-state index contributed by atoms with van der Waals surface area (Å²) in [7, 11) is 1.53. The highest BCUT2D eigenvalue weighted by molar-refractivity contribution is 5.96. The van der Waals surface area contributed by atoms with Gasteiger partial charge in [-0.2, -0.15) is 0 Å². The average Bonchev–Trinajstić information content (AvgIpc) is 3.49. The number of hydrogen-bond donors (Lipinski definition) is 2. The van der Waals surface area contributed by atoms with Crippen LogP contribution in [0.1, 0.15) is 49.0 Å². The number of anilines is 1. The number of hydrogen-bond acceptors (Lipinski definition) is 6. The molecule has 0 spiro atoms. The number of rotatable bonds is 9. The fourth-order valence-corrected chi connectivity index (χ4v) is 3.63. The van der Waals surface area contributed by atoms with Crippen molar-refractivity contribution in [3.05, 3.63) is 11.9 Å². The van der Waals surface area contributed by atoms with Crippen LogP contribution in [-0.4, -0.2) is 60.5 Å². The van der Waals surface area contributed by atoms with Gasteiger partial charge in [0.2, 0.25) is 5.91 Å². The van der Waals surface area contributed by atoms with E-state index in [0.29, 0.717) is 24.9 Å². The van der Waals surface area contributed by atoms with Crippen molar-refractivity contribution >= 4 is 17.6 Å². The summed E-state index contributed by atoms with van der Waals surface area (Å²) in [6, 6.07) is -0.654. The second-order valence-electron chi connectivity index (χ2n) is 8.52. The Hall–Kier alpha value is -2.52. The van der Waals surface area contributed by atoms with Crippen molar-refractivity contribution < 1.29 is 23.1 Å². The van der Waals surface area contributed by atoms with Gasteiger partial charge in [0, 0.05) is 7.05 Å². The van der Waals surface area contributed by atoms with E-state index in [1.807, 2.05) is 0 Å². The summed E-state index contributed by atoms with van der Waals surface area (Å²) in [6.07, 6.45) is 7.18. The van der Waals surface area contributed by atoms with Gasteiger partial charge in [-0.05, 0) is 31.1 Å². The van der Waals surface area contributed by atoms with Crippen LogP contribution in [0.15, 0.2) is 6.20 Å². The third-order valence-electron chi connectivity index (χ3n) is 5.91. The molecule has 1 unspecified atom stereocenters. The molecule has 1 saturated heterocycles. The first-order chi connectivity index (χ1) is 14.3. The highest BCUT2D eigenvalue weighted by Gasteiger charge is 2.46. The van der Waals surface area contributed by atoms with E-state index >= 15 is 0 Å². The fraction of sp³-hybridized carbons (Fsp3) is 0.700. The minimum absolute atomic E-state index is 0.000608. The maximum absolute atomic E-state index is 13.3. The summed E-state index contributed by atoms with van der Waals surface area (Å²) >= 11 is 0. The average molecular weight is 423 g/mol. The second-order valence-corrected chi connectivity index (χ2v) is 8.52. The van der Waals surface area contributed by atoms with E-state index in [1.165, 1.54) is 18.1 Å². The molecule has 2 saturated carbocycles. The minimum Gasteiger partial charge on any atom is -0.475 e. The molecular weight excluding hydrogens is 396 g/mol. The largest absolute Gasteiger partial charge is 0.475 e. The summed E-state index contributed by atoms with van der Waals surface area (Å²) in [5.41, 5.74) is -0.000608. The number of amides is 2. The van der Waals surface area contributed by atoms with Crippen LogP contribution in [0.4, 0.5) is 14.6 Å². The topological polar surface area (TPSA) is 96.5 Å². The first kappa shape index (κ1) is 20.7. The summed E-state index contributed by atoms with van der Waals surface area (Å²) in [5, 5.41) is 5.32. The van der Waals surface area contributed by atoms with E-state index in [4.69, 9.17) is 4.74 Å². The van der Waals surface area contributed by atoms with Gasteiger partial charge in [-0.15, -0.1) is 0 Å². The Bertz CT molecular complexity index is 806. The molecule has 0 aromatic carbocycles. The number of alkyl halides is 2. The normalized spacial score (nSPS) is 21.2. The zero-order valence-corrected chi connectivity index (χ0v) is 17.0.